The first kappa shape index (κ1) is 11.9. The molecule has 0 amide bonds. The average Bonchev–Trinajstić information content (AvgIpc) is 2.45. The minimum atomic E-state index is -3.72. The van der Waals surface area contributed by atoms with E-state index in [-0.39, 0.29) is 10.1 Å². The highest BCUT2D eigenvalue weighted by molar-refractivity contribution is 7.89. The van der Waals surface area contributed by atoms with E-state index in [9.17, 15) is 8.42 Å². The molecule has 0 saturated carbocycles. The number of hydrogen-bond acceptors (Lipinski definition) is 4. The molecule has 84 valence electrons. The fourth-order valence-electron chi connectivity index (χ4n) is 0.826. The number of hydrogen-bond donors (Lipinski definition) is 3. The molecular weight excluding hydrogens is 238 g/mol. The maximum absolute atomic E-state index is 11.5. The van der Waals surface area contributed by atoms with Gasteiger partial charge in [0, 0.05) is 13.2 Å². The molecule has 1 aromatic heterocycles. The third-order valence-electron chi connectivity index (χ3n) is 1.67. The van der Waals surface area contributed by atoms with Crippen LogP contribution < -0.4 is 16.0 Å². The Morgan fingerprint density at radius 3 is 2.67 bits per heavy atom. The van der Waals surface area contributed by atoms with Crippen LogP contribution in [0, 0.1) is 6.92 Å². The molecule has 4 N–H and O–H groups in total. The van der Waals surface area contributed by atoms with Crippen molar-refractivity contribution < 1.29 is 8.42 Å². The molecule has 1 heterocycles. The van der Waals surface area contributed by atoms with Crippen molar-refractivity contribution in [1.29, 1.82) is 0 Å². The zero-order valence-corrected chi connectivity index (χ0v) is 9.82. The number of imidazole rings is 1. The minimum Gasteiger partial charge on any atom is -0.375 e. The summed E-state index contributed by atoms with van der Waals surface area (Å²) >= 11 is 4.46. The second-order valence-electron chi connectivity index (χ2n) is 2.83. The summed E-state index contributed by atoms with van der Waals surface area (Å²) in [5.74, 6) is 0.589. The predicted octanol–water partition coefficient (Wildman–Crippen LogP) is -1.24. The van der Waals surface area contributed by atoms with Crippen LogP contribution in [0.5, 0.6) is 0 Å². The van der Waals surface area contributed by atoms with Crippen LogP contribution in [0.4, 0.5) is 0 Å². The first-order chi connectivity index (χ1) is 6.83. The molecule has 0 aliphatic heterocycles. The molecule has 1 rings (SSSR count). The van der Waals surface area contributed by atoms with E-state index in [0.29, 0.717) is 5.82 Å². The summed E-state index contributed by atoms with van der Waals surface area (Å²) in [6, 6.07) is 0. The quantitative estimate of drug-likeness (QED) is 0.457. The predicted molar refractivity (Wildman–Crippen MR) is 58.2 cm³/mol. The second kappa shape index (κ2) is 4.13. The van der Waals surface area contributed by atoms with E-state index in [4.69, 9.17) is 5.73 Å². The Morgan fingerprint density at radius 1 is 1.67 bits per heavy atom. The Labute approximate surface area is 92.7 Å². The van der Waals surface area contributed by atoms with Crippen LogP contribution in [-0.4, -0.2) is 23.1 Å². The van der Waals surface area contributed by atoms with Gasteiger partial charge in [0.05, 0.1) is 0 Å². The van der Waals surface area contributed by atoms with E-state index in [2.05, 4.69) is 22.6 Å². The van der Waals surface area contributed by atoms with Gasteiger partial charge in [0.1, 0.15) is 5.82 Å². The molecule has 0 saturated heterocycles. The van der Waals surface area contributed by atoms with Crippen molar-refractivity contribution in [2.45, 2.75) is 11.9 Å². The minimum absolute atomic E-state index is 0.0914. The maximum Gasteiger partial charge on any atom is 0.276 e. The fraction of sp³-hybridized carbons (Fsp3) is 0.333. The van der Waals surface area contributed by atoms with Crippen molar-refractivity contribution in [3.8, 4) is 0 Å². The lowest BCUT2D eigenvalue weighted by Gasteiger charge is -2.04. The number of aromatic nitrogens is 2. The van der Waals surface area contributed by atoms with Gasteiger partial charge in [-0.3, -0.25) is 5.43 Å². The normalized spacial score (nSPS) is 11.3. The van der Waals surface area contributed by atoms with Crippen molar-refractivity contribution in [3.63, 3.8) is 0 Å². The molecule has 7 nitrogen and oxygen atoms in total. The lowest BCUT2D eigenvalue weighted by Crippen LogP contribution is -2.44. The molecule has 0 spiro atoms. The summed E-state index contributed by atoms with van der Waals surface area (Å²) in [6.07, 6.45) is 1.39. The third kappa shape index (κ3) is 2.88. The van der Waals surface area contributed by atoms with Gasteiger partial charge in [-0.25, -0.2) is 13.4 Å². The molecule has 0 aliphatic rings. The molecule has 0 aromatic carbocycles. The number of aryl methyl sites for hydroxylation is 2. The molecule has 0 unspecified atom stereocenters. The first-order valence-corrected chi connectivity index (χ1v) is 5.79. The van der Waals surface area contributed by atoms with E-state index in [0.717, 1.165) is 0 Å². The summed E-state index contributed by atoms with van der Waals surface area (Å²) in [4.78, 5) is 5.84. The Bertz CT molecular complexity index is 458. The van der Waals surface area contributed by atoms with Gasteiger partial charge in [0.25, 0.3) is 10.0 Å². The molecular formula is C6H11N5O2S2. The van der Waals surface area contributed by atoms with Crippen LogP contribution in [0.1, 0.15) is 5.82 Å². The zero-order chi connectivity index (χ0) is 11.6. The van der Waals surface area contributed by atoms with Crippen molar-refractivity contribution in [3.05, 3.63) is 12.0 Å². The average molecular weight is 249 g/mol. The summed E-state index contributed by atoms with van der Waals surface area (Å²) in [7, 11) is -2.02. The van der Waals surface area contributed by atoms with Crippen LogP contribution in [0.25, 0.3) is 0 Å². The van der Waals surface area contributed by atoms with Gasteiger partial charge in [0.2, 0.25) is 0 Å². The number of sulfonamides is 1. The van der Waals surface area contributed by atoms with Gasteiger partial charge in [-0.15, -0.1) is 4.83 Å². The van der Waals surface area contributed by atoms with Gasteiger partial charge < -0.3 is 10.3 Å². The number of nitrogens with two attached hydrogens (primary N) is 1. The van der Waals surface area contributed by atoms with Crippen molar-refractivity contribution in [2.24, 2.45) is 12.8 Å². The van der Waals surface area contributed by atoms with E-state index >= 15 is 0 Å². The van der Waals surface area contributed by atoms with E-state index in [1.165, 1.54) is 6.20 Å². The topological polar surface area (TPSA) is 102 Å². The summed E-state index contributed by atoms with van der Waals surface area (Å²) < 4.78 is 24.7. The summed E-state index contributed by atoms with van der Waals surface area (Å²) in [5.41, 5.74) is 7.22. The smallest absolute Gasteiger partial charge is 0.276 e. The molecule has 0 radical (unpaired) electrons. The fourth-order valence-corrected chi connectivity index (χ4v) is 1.84. The van der Waals surface area contributed by atoms with Gasteiger partial charge in [0.15, 0.2) is 10.1 Å². The number of nitrogens with zero attached hydrogens (tertiary/aromatic N) is 2. The maximum atomic E-state index is 11.5. The third-order valence-corrected chi connectivity index (χ3v) is 2.89. The molecule has 0 fully saturated rings. The Kier molecular flexibility index (Phi) is 3.27. The molecule has 15 heavy (non-hydrogen) atoms. The van der Waals surface area contributed by atoms with Crippen molar-refractivity contribution >= 4 is 27.4 Å². The molecule has 0 aliphatic carbocycles. The summed E-state index contributed by atoms with van der Waals surface area (Å²) in [5, 5.41) is -0.252. The molecule has 9 heteroatoms. The van der Waals surface area contributed by atoms with E-state index in [1.807, 2.05) is 4.83 Å². The summed E-state index contributed by atoms with van der Waals surface area (Å²) in [6.45, 7) is 1.69. The molecule has 0 atom stereocenters. The monoisotopic (exact) mass is 249 g/mol. The van der Waals surface area contributed by atoms with Gasteiger partial charge in [-0.05, 0) is 19.1 Å². The highest BCUT2D eigenvalue weighted by Crippen LogP contribution is 2.06. The van der Waals surface area contributed by atoms with Crippen molar-refractivity contribution in [1.82, 2.24) is 19.8 Å². The standard InChI is InChI=1S/C6H11N5O2S2/c1-4-8-5(3-11(4)2)15(12,13)10-9-6(7)14/h3,10H,1-2H3,(H3,7,9,14). The van der Waals surface area contributed by atoms with Gasteiger partial charge >= 0.3 is 0 Å². The van der Waals surface area contributed by atoms with Crippen LogP contribution in [-0.2, 0) is 17.1 Å². The zero-order valence-electron chi connectivity index (χ0n) is 8.18. The van der Waals surface area contributed by atoms with Crippen LogP contribution in [0.3, 0.4) is 0 Å². The molecule has 1 aromatic rings. The van der Waals surface area contributed by atoms with Crippen LogP contribution in [0.2, 0.25) is 0 Å². The van der Waals surface area contributed by atoms with Crippen molar-refractivity contribution in [2.75, 3.05) is 0 Å². The molecule has 0 bridgehead atoms. The lowest BCUT2D eigenvalue weighted by molar-refractivity contribution is 0.574. The number of hydrazine groups is 1. The number of thiocarbonyl (C=S) groups is 1. The van der Waals surface area contributed by atoms with E-state index in [1.54, 1.807) is 18.5 Å². The number of nitrogens with one attached hydrogen (secondary N) is 2. The number of rotatable bonds is 3. The van der Waals surface area contributed by atoms with Crippen LogP contribution in [0.15, 0.2) is 11.2 Å². The first-order valence-electron chi connectivity index (χ1n) is 3.90. The van der Waals surface area contributed by atoms with E-state index < -0.39 is 10.0 Å². The van der Waals surface area contributed by atoms with Gasteiger partial charge in [-0.1, -0.05) is 0 Å². The highest BCUT2D eigenvalue weighted by atomic mass is 32.2. The Hall–Kier alpha value is -1.19. The highest BCUT2D eigenvalue weighted by Gasteiger charge is 2.17. The Balaban J connectivity index is 2.91. The van der Waals surface area contributed by atoms with Crippen LogP contribution >= 0.6 is 12.2 Å². The Morgan fingerprint density at radius 2 is 2.27 bits per heavy atom. The second-order valence-corrected chi connectivity index (χ2v) is 4.90. The SMILES string of the molecule is Cc1nc(S(=O)(=O)NNC(N)=S)cn1C. The largest absolute Gasteiger partial charge is 0.375 e. The van der Waals surface area contributed by atoms with Gasteiger partial charge in [-0.2, -0.15) is 0 Å². The lowest BCUT2D eigenvalue weighted by atomic mass is 10.7.